The van der Waals surface area contributed by atoms with Crippen molar-refractivity contribution in [1.29, 1.82) is 0 Å². The van der Waals surface area contributed by atoms with Crippen molar-refractivity contribution in [3.63, 3.8) is 0 Å². The predicted octanol–water partition coefficient (Wildman–Crippen LogP) is 3.97. The van der Waals surface area contributed by atoms with E-state index in [9.17, 15) is 9.67 Å². The molecule has 24 heavy (non-hydrogen) atoms. The van der Waals surface area contributed by atoms with Crippen LogP contribution in [0.3, 0.4) is 0 Å². The molecule has 0 saturated heterocycles. The van der Waals surface area contributed by atoms with Crippen molar-refractivity contribution in [2.24, 2.45) is 0 Å². The quantitative estimate of drug-likeness (QED) is 0.600. The highest BCUT2D eigenvalue weighted by molar-refractivity contribution is 7.53. The summed E-state index contributed by atoms with van der Waals surface area (Å²) in [5.41, 5.74) is 5.04. The van der Waals surface area contributed by atoms with E-state index in [0.717, 1.165) is 11.1 Å². The van der Waals surface area contributed by atoms with E-state index in [0.29, 0.717) is 11.4 Å². The summed E-state index contributed by atoms with van der Waals surface area (Å²) in [4.78, 5) is 4.14. The molecule has 1 heterocycles. The molecule has 0 amide bonds. The molecule has 130 valence electrons. The summed E-state index contributed by atoms with van der Waals surface area (Å²) < 4.78 is 28.2. The van der Waals surface area contributed by atoms with Gasteiger partial charge in [0.25, 0.3) is 0 Å². The molecule has 0 aliphatic carbocycles. The number of nitrogens with one attached hydrogen (secondary N) is 1. The standard InChI is InChI=1S/C16H21N2O5P/c1-10-6-7-17-16(12(10)3)18-23-24(5,20)22-13-8-11(2)15(19)14(9-13)21-4/h6-9,19H,1-5H3,(H,17,18). The molecule has 0 spiro atoms. The minimum Gasteiger partial charge on any atom is -0.504 e. The summed E-state index contributed by atoms with van der Waals surface area (Å²) in [5.74, 6) is 0.979. The van der Waals surface area contributed by atoms with Gasteiger partial charge in [-0.05, 0) is 49.6 Å². The zero-order valence-corrected chi connectivity index (χ0v) is 15.2. The highest BCUT2D eigenvalue weighted by Crippen LogP contribution is 2.46. The first kappa shape index (κ1) is 18.1. The van der Waals surface area contributed by atoms with Crippen LogP contribution in [0.1, 0.15) is 16.7 Å². The van der Waals surface area contributed by atoms with Crippen molar-refractivity contribution in [3.05, 3.63) is 41.1 Å². The Kier molecular flexibility index (Phi) is 5.36. The van der Waals surface area contributed by atoms with Gasteiger partial charge in [-0.3, -0.25) is 0 Å². The molecular formula is C16H21N2O5P. The van der Waals surface area contributed by atoms with Gasteiger partial charge < -0.3 is 14.4 Å². The molecule has 1 unspecified atom stereocenters. The topological polar surface area (TPSA) is 89.9 Å². The van der Waals surface area contributed by atoms with E-state index in [1.165, 1.54) is 19.8 Å². The number of nitrogens with zero attached hydrogens (tertiary/aromatic N) is 1. The Balaban J connectivity index is 2.13. The van der Waals surface area contributed by atoms with Crippen LogP contribution in [-0.2, 0) is 9.19 Å². The van der Waals surface area contributed by atoms with Gasteiger partial charge in [0, 0.05) is 12.3 Å². The number of anilines is 1. The normalized spacial score (nSPS) is 13.2. The first-order valence-electron chi connectivity index (χ1n) is 7.25. The Labute approximate surface area is 141 Å². The fourth-order valence-electron chi connectivity index (χ4n) is 1.99. The van der Waals surface area contributed by atoms with Crippen molar-refractivity contribution in [1.82, 2.24) is 4.98 Å². The molecule has 7 nitrogen and oxygen atoms in total. The lowest BCUT2D eigenvalue weighted by molar-refractivity contribution is 0.320. The molecule has 0 aliphatic rings. The lowest BCUT2D eigenvalue weighted by Gasteiger charge is -2.18. The summed E-state index contributed by atoms with van der Waals surface area (Å²) in [6, 6.07) is 4.86. The van der Waals surface area contributed by atoms with Gasteiger partial charge >= 0.3 is 7.60 Å². The average Bonchev–Trinajstić information content (AvgIpc) is 2.52. The molecule has 1 aromatic carbocycles. The maximum atomic E-state index is 12.5. The largest absolute Gasteiger partial charge is 0.504 e. The van der Waals surface area contributed by atoms with Crippen LogP contribution >= 0.6 is 7.60 Å². The molecule has 0 saturated carbocycles. The van der Waals surface area contributed by atoms with Crippen molar-refractivity contribution in [2.45, 2.75) is 20.8 Å². The molecule has 1 atom stereocenters. The maximum Gasteiger partial charge on any atom is 0.397 e. The van der Waals surface area contributed by atoms with E-state index in [2.05, 4.69) is 10.5 Å². The summed E-state index contributed by atoms with van der Waals surface area (Å²) in [7, 11) is -2.04. The van der Waals surface area contributed by atoms with Crippen molar-refractivity contribution in [3.8, 4) is 17.2 Å². The summed E-state index contributed by atoms with van der Waals surface area (Å²) >= 11 is 0. The van der Waals surface area contributed by atoms with Gasteiger partial charge in [0.05, 0.1) is 13.8 Å². The fraction of sp³-hybridized carbons (Fsp3) is 0.312. The second-order valence-electron chi connectivity index (χ2n) is 5.45. The summed E-state index contributed by atoms with van der Waals surface area (Å²) in [6.07, 6.45) is 1.63. The van der Waals surface area contributed by atoms with E-state index in [1.54, 1.807) is 19.2 Å². The third kappa shape index (κ3) is 4.19. The Hall–Kier alpha value is -2.24. The number of aromatic hydroxyl groups is 1. The van der Waals surface area contributed by atoms with Crippen LogP contribution in [0.2, 0.25) is 0 Å². The van der Waals surface area contributed by atoms with Crippen LogP contribution < -0.4 is 14.7 Å². The number of benzene rings is 1. The minimum atomic E-state index is -3.47. The predicted molar refractivity (Wildman–Crippen MR) is 92.0 cm³/mol. The number of pyridine rings is 1. The molecule has 0 radical (unpaired) electrons. The van der Waals surface area contributed by atoms with E-state index in [4.69, 9.17) is 13.9 Å². The number of methoxy groups -OCH3 is 1. The van der Waals surface area contributed by atoms with Gasteiger partial charge in [-0.1, -0.05) is 0 Å². The summed E-state index contributed by atoms with van der Waals surface area (Å²) in [5, 5.41) is 9.83. The van der Waals surface area contributed by atoms with Crippen LogP contribution in [0.25, 0.3) is 0 Å². The van der Waals surface area contributed by atoms with Crippen LogP contribution in [0.15, 0.2) is 24.4 Å². The average molecular weight is 352 g/mol. The number of phenols is 1. The first-order valence-corrected chi connectivity index (χ1v) is 9.24. The number of phenolic OH excluding ortho intramolecular Hbond substituents is 1. The van der Waals surface area contributed by atoms with Gasteiger partial charge in [-0.25, -0.2) is 15.0 Å². The molecule has 1 aromatic heterocycles. The third-order valence-corrected chi connectivity index (χ3v) is 4.48. The second-order valence-corrected chi connectivity index (χ2v) is 7.36. The maximum absolute atomic E-state index is 12.5. The van der Waals surface area contributed by atoms with Crippen molar-refractivity contribution in [2.75, 3.05) is 19.3 Å². The number of hydrogen-bond acceptors (Lipinski definition) is 7. The van der Waals surface area contributed by atoms with Gasteiger partial charge in [0.15, 0.2) is 17.3 Å². The lowest BCUT2D eigenvalue weighted by atomic mass is 10.2. The number of rotatable bonds is 6. The summed E-state index contributed by atoms with van der Waals surface area (Å²) in [6.45, 7) is 6.84. The molecule has 0 bridgehead atoms. The Morgan fingerprint density at radius 1 is 1.21 bits per heavy atom. The number of aromatic nitrogens is 1. The van der Waals surface area contributed by atoms with Crippen LogP contribution in [0.5, 0.6) is 17.2 Å². The van der Waals surface area contributed by atoms with Crippen molar-refractivity contribution < 1.29 is 23.6 Å². The fourth-order valence-corrected chi connectivity index (χ4v) is 2.77. The number of hydrogen-bond donors (Lipinski definition) is 2. The Morgan fingerprint density at radius 3 is 2.58 bits per heavy atom. The lowest BCUT2D eigenvalue weighted by Crippen LogP contribution is -2.06. The van der Waals surface area contributed by atoms with Gasteiger partial charge in [-0.15, -0.1) is 0 Å². The molecule has 2 aromatic rings. The molecular weight excluding hydrogens is 331 g/mol. The van der Waals surface area contributed by atoms with Gasteiger partial charge in [0.2, 0.25) is 0 Å². The van der Waals surface area contributed by atoms with Gasteiger partial charge in [-0.2, -0.15) is 4.62 Å². The monoisotopic (exact) mass is 352 g/mol. The van der Waals surface area contributed by atoms with Crippen molar-refractivity contribution >= 4 is 13.4 Å². The number of aryl methyl sites for hydroxylation is 2. The highest BCUT2D eigenvalue weighted by Gasteiger charge is 2.22. The second kappa shape index (κ2) is 7.11. The first-order chi connectivity index (χ1) is 11.2. The highest BCUT2D eigenvalue weighted by atomic mass is 31.2. The van der Waals surface area contributed by atoms with Gasteiger partial charge in [0.1, 0.15) is 5.75 Å². The number of ether oxygens (including phenoxy) is 1. The third-order valence-electron chi connectivity index (χ3n) is 3.51. The molecule has 0 aliphatic heterocycles. The van der Waals surface area contributed by atoms with E-state index in [1.807, 2.05) is 19.9 Å². The zero-order chi connectivity index (χ0) is 17.9. The molecule has 0 fully saturated rings. The van der Waals surface area contributed by atoms with Crippen LogP contribution in [-0.4, -0.2) is 23.9 Å². The molecule has 2 N–H and O–H groups in total. The van der Waals surface area contributed by atoms with E-state index >= 15 is 0 Å². The SMILES string of the molecule is COc1cc(OP(C)(=O)ONc2nccc(C)c2C)cc(C)c1O. The molecule has 2 rings (SSSR count). The Morgan fingerprint density at radius 2 is 1.92 bits per heavy atom. The van der Waals surface area contributed by atoms with E-state index in [-0.39, 0.29) is 17.2 Å². The molecule has 8 heteroatoms. The minimum absolute atomic E-state index is 0.00872. The Bertz CT molecular complexity index is 794. The van der Waals surface area contributed by atoms with Crippen LogP contribution in [0, 0.1) is 20.8 Å². The smallest absolute Gasteiger partial charge is 0.397 e. The van der Waals surface area contributed by atoms with Crippen LogP contribution in [0.4, 0.5) is 5.82 Å². The van der Waals surface area contributed by atoms with E-state index < -0.39 is 7.60 Å². The zero-order valence-electron chi connectivity index (χ0n) is 14.3.